The monoisotopic (exact) mass is 236 g/mol. The SMILES string of the molecule is COc1ccc(CCNC(=O)NC(C)C)cc1. The van der Waals surface area contributed by atoms with Gasteiger partial charge >= 0.3 is 6.03 Å². The first-order valence-electron chi connectivity index (χ1n) is 5.79. The van der Waals surface area contributed by atoms with E-state index in [1.54, 1.807) is 7.11 Å². The molecule has 94 valence electrons. The summed E-state index contributed by atoms with van der Waals surface area (Å²) in [5, 5.41) is 5.59. The topological polar surface area (TPSA) is 50.4 Å². The fourth-order valence-electron chi connectivity index (χ4n) is 1.43. The normalized spacial score (nSPS) is 10.1. The van der Waals surface area contributed by atoms with Crippen molar-refractivity contribution in [1.82, 2.24) is 10.6 Å². The van der Waals surface area contributed by atoms with Crippen LogP contribution in [0, 0.1) is 0 Å². The largest absolute Gasteiger partial charge is 0.497 e. The average Bonchev–Trinajstić information content (AvgIpc) is 2.29. The van der Waals surface area contributed by atoms with Crippen LogP contribution in [-0.4, -0.2) is 25.7 Å². The van der Waals surface area contributed by atoms with Crippen molar-refractivity contribution in [3.8, 4) is 5.75 Å². The van der Waals surface area contributed by atoms with E-state index >= 15 is 0 Å². The van der Waals surface area contributed by atoms with Crippen LogP contribution in [0.2, 0.25) is 0 Å². The summed E-state index contributed by atoms with van der Waals surface area (Å²) < 4.78 is 5.08. The summed E-state index contributed by atoms with van der Waals surface area (Å²) in [5.74, 6) is 0.847. The zero-order valence-electron chi connectivity index (χ0n) is 10.6. The molecule has 0 unspecified atom stereocenters. The van der Waals surface area contributed by atoms with Crippen molar-refractivity contribution in [2.75, 3.05) is 13.7 Å². The molecule has 0 aliphatic rings. The van der Waals surface area contributed by atoms with Gasteiger partial charge in [0.05, 0.1) is 7.11 Å². The molecule has 4 heteroatoms. The van der Waals surface area contributed by atoms with E-state index in [4.69, 9.17) is 4.74 Å². The number of hydrogen-bond acceptors (Lipinski definition) is 2. The van der Waals surface area contributed by atoms with Gasteiger partial charge in [0.1, 0.15) is 5.75 Å². The third-order valence-electron chi connectivity index (χ3n) is 2.28. The number of amides is 2. The van der Waals surface area contributed by atoms with Crippen molar-refractivity contribution in [1.29, 1.82) is 0 Å². The lowest BCUT2D eigenvalue weighted by Crippen LogP contribution is -2.40. The predicted octanol–water partition coefficient (Wildman–Crippen LogP) is 1.95. The summed E-state index contributed by atoms with van der Waals surface area (Å²) in [7, 11) is 1.65. The molecule has 0 aliphatic heterocycles. The Kier molecular flexibility index (Phi) is 5.33. The standard InChI is InChI=1S/C13H20N2O2/c1-10(2)15-13(16)14-9-8-11-4-6-12(17-3)7-5-11/h4-7,10H,8-9H2,1-3H3,(H2,14,15,16). The van der Waals surface area contributed by atoms with E-state index < -0.39 is 0 Å². The summed E-state index contributed by atoms with van der Waals surface area (Å²) >= 11 is 0. The Morgan fingerprint density at radius 1 is 1.29 bits per heavy atom. The minimum absolute atomic E-state index is 0.117. The molecule has 0 bridgehead atoms. The molecule has 0 aliphatic carbocycles. The van der Waals surface area contributed by atoms with Gasteiger partial charge in [-0.05, 0) is 38.0 Å². The summed E-state index contributed by atoms with van der Waals surface area (Å²) in [6, 6.07) is 7.89. The number of carbonyl (C=O) groups is 1. The van der Waals surface area contributed by atoms with E-state index in [0.717, 1.165) is 12.2 Å². The van der Waals surface area contributed by atoms with Gasteiger partial charge in [0, 0.05) is 12.6 Å². The van der Waals surface area contributed by atoms with Gasteiger partial charge in [0.25, 0.3) is 0 Å². The molecule has 0 fully saturated rings. The molecular weight excluding hydrogens is 216 g/mol. The summed E-state index contributed by atoms with van der Waals surface area (Å²) in [5.41, 5.74) is 1.18. The lowest BCUT2D eigenvalue weighted by Gasteiger charge is -2.10. The Bertz CT molecular complexity index is 347. The second-order valence-corrected chi connectivity index (χ2v) is 4.15. The molecule has 0 aromatic heterocycles. The lowest BCUT2D eigenvalue weighted by molar-refractivity contribution is 0.238. The quantitative estimate of drug-likeness (QED) is 0.821. The van der Waals surface area contributed by atoms with E-state index in [0.29, 0.717) is 6.54 Å². The van der Waals surface area contributed by atoms with Crippen molar-refractivity contribution in [3.63, 3.8) is 0 Å². The molecule has 0 atom stereocenters. The van der Waals surface area contributed by atoms with Crippen LogP contribution < -0.4 is 15.4 Å². The van der Waals surface area contributed by atoms with Crippen LogP contribution in [-0.2, 0) is 6.42 Å². The van der Waals surface area contributed by atoms with Crippen LogP contribution in [0.15, 0.2) is 24.3 Å². The predicted molar refractivity (Wildman–Crippen MR) is 68.4 cm³/mol. The van der Waals surface area contributed by atoms with Crippen LogP contribution in [0.25, 0.3) is 0 Å². The Morgan fingerprint density at radius 3 is 2.47 bits per heavy atom. The highest BCUT2D eigenvalue weighted by Gasteiger charge is 2.01. The molecule has 4 nitrogen and oxygen atoms in total. The molecule has 1 aromatic rings. The van der Waals surface area contributed by atoms with Crippen LogP contribution in [0.5, 0.6) is 5.75 Å². The molecule has 0 heterocycles. The third-order valence-corrected chi connectivity index (χ3v) is 2.28. The van der Waals surface area contributed by atoms with Crippen LogP contribution in [0.3, 0.4) is 0 Å². The van der Waals surface area contributed by atoms with Crippen LogP contribution >= 0.6 is 0 Å². The number of hydrogen-bond donors (Lipinski definition) is 2. The maximum atomic E-state index is 11.3. The maximum absolute atomic E-state index is 11.3. The Hall–Kier alpha value is -1.71. The highest BCUT2D eigenvalue weighted by atomic mass is 16.5. The maximum Gasteiger partial charge on any atom is 0.314 e. The molecule has 2 N–H and O–H groups in total. The second kappa shape index (κ2) is 6.78. The summed E-state index contributed by atoms with van der Waals surface area (Å²) in [6.07, 6.45) is 0.815. The van der Waals surface area contributed by atoms with Gasteiger partial charge in [0.2, 0.25) is 0 Å². The van der Waals surface area contributed by atoms with Gasteiger partial charge in [-0.15, -0.1) is 0 Å². The van der Waals surface area contributed by atoms with Gasteiger partial charge in [-0.25, -0.2) is 4.79 Å². The lowest BCUT2D eigenvalue weighted by atomic mass is 10.1. The number of ether oxygens (including phenoxy) is 1. The van der Waals surface area contributed by atoms with Gasteiger partial charge in [-0.3, -0.25) is 0 Å². The molecule has 1 rings (SSSR count). The third kappa shape index (κ3) is 5.24. The van der Waals surface area contributed by atoms with Crippen molar-refractivity contribution in [2.24, 2.45) is 0 Å². The van der Waals surface area contributed by atoms with Gasteiger partial charge in [0.15, 0.2) is 0 Å². The molecule has 0 radical (unpaired) electrons. The number of benzene rings is 1. The second-order valence-electron chi connectivity index (χ2n) is 4.15. The zero-order valence-corrected chi connectivity index (χ0v) is 10.6. The Morgan fingerprint density at radius 2 is 1.94 bits per heavy atom. The average molecular weight is 236 g/mol. The highest BCUT2D eigenvalue weighted by Crippen LogP contribution is 2.11. The molecular formula is C13H20N2O2. The highest BCUT2D eigenvalue weighted by molar-refractivity contribution is 5.74. The number of carbonyl (C=O) groups excluding carboxylic acids is 1. The first kappa shape index (κ1) is 13.4. The Labute approximate surface area is 102 Å². The van der Waals surface area contributed by atoms with Gasteiger partial charge < -0.3 is 15.4 Å². The Balaban J connectivity index is 2.28. The molecule has 17 heavy (non-hydrogen) atoms. The molecule has 0 saturated carbocycles. The van der Waals surface area contributed by atoms with Gasteiger partial charge in [-0.2, -0.15) is 0 Å². The van der Waals surface area contributed by atoms with Crippen LogP contribution in [0.4, 0.5) is 4.79 Å². The minimum Gasteiger partial charge on any atom is -0.497 e. The summed E-state index contributed by atoms with van der Waals surface area (Å²) in [4.78, 5) is 11.3. The van der Waals surface area contributed by atoms with Crippen molar-refractivity contribution in [2.45, 2.75) is 26.3 Å². The van der Waals surface area contributed by atoms with Gasteiger partial charge in [-0.1, -0.05) is 12.1 Å². The summed E-state index contributed by atoms with van der Waals surface area (Å²) in [6.45, 7) is 4.50. The van der Waals surface area contributed by atoms with Crippen molar-refractivity contribution >= 4 is 6.03 Å². The smallest absolute Gasteiger partial charge is 0.314 e. The number of urea groups is 1. The van der Waals surface area contributed by atoms with Crippen molar-refractivity contribution in [3.05, 3.63) is 29.8 Å². The number of nitrogens with one attached hydrogen (secondary N) is 2. The van der Waals surface area contributed by atoms with E-state index in [9.17, 15) is 4.79 Å². The number of rotatable bonds is 5. The van der Waals surface area contributed by atoms with Crippen LogP contribution in [0.1, 0.15) is 19.4 Å². The fourth-order valence-corrected chi connectivity index (χ4v) is 1.43. The first-order valence-corrected chi connectivity index (χ1v) is 5.79. The van der Waals surface area contributed by atoms with Crippen molar-refractivity contribution < 1.29 is 9.53 Å². The molecule has 1 aromatic carbocycles. The molecule has 2 amide bonds. The van der Waals surface area contributed by atoms with E-state index in [2.05, 4.69) is 10.6 Å². The van der Waals surface area contributed by atoms with E-state index in [1.165, 1.54) is 5.56 Å². The fraction of sp³-hybridized carbons (Fsp3) is 0.462. The van der Waals surface area contributed by atoms with E-state index in [-0.39, 0.29) is 12.1 Å². The molecule has 0 saturated heterocycles. The van der Waals surface area contributed by atoms with E-state index in [1.807, 2.05) is 38.1 Å². The number of methoxy groups -OCH3 is 1. The molecule has 0 spiro atoms. The first-order chi connectivity index (χ1) is 8.11. The minimum atomic E-state index is -0.117. The zero-order chi connectivity index (χ0) is 12.7.